The van der Waals surface area contributed by atoms with Crippen molar-refractivity contribution >= 4 is 6.09 Å². The third-order valence-corrected chi connectivity index (χ3v) is 2.09. The molecule has 0 rings (SSSR count). The van der Waals surface area contributed by atoms with Gasteiger partial charge < -0.3 is 15.2 Å². The normalized spacial score (nSPS) is 14.3. The van der Waals surface area contributed by atoms with E-state index in [-0.39, 0.29) is 17.9 Å². The summed E-state index contributed by atoms with van der Waals surface area (Å²) >= 11 is 0. The molecule has 0 aromatic heterocycles. The zero-order valence-corrected chi connectivity index (χ0v) is 12.0. The van der Waals surface area contributed by atoms with Gasteiger partial charge in [0.15, 0.2) is 0 Å². The maximum Gasteiger partial charge on any atom is 0.407 e. The lowest BCUT2D eigenvalue weighted by Gasteiger charge is -2.25. The average Bonchev–Trinajstić information content (AvgIpc) is 2.07. The zero-order valence-electron chi connectivity index (χ0n) is 12.0. The molecular weight excluding hydrogens is 218 g/mol. The highest BCUT2D eigenvalue weighted by atomic mass is 16.6. The fourth-order valence-corrected chi connectivity index (χ4v) is 1.61. The van der Waals surface area contributed by atoms with Crippen LogP contribution in [0.3, 0.4) is 0 Å². The van der Waals surface area contributed by atoms with Crippen LogP contribution in [0, 0.1) is 11.3 Å². The van der Waals surface area contributed by atoms with Gasteiger partial charge in [0, 0.05) is 13.2 Å². The van der Waals surface area contributed by atoms with Gasteiger partial charge in [-0.15, -0.1) is 0 Å². The summed E-state index contributed by atoms with van der Waals surface area (Å²) in [6.07, 6.45) is 0.434. The lowest BCUT2D eigenvalue weighted by molar-refractivity contribution is 0.0504. The van der Waals surface area contributed by atoms with E-state index in [1.165, 1.54) is 0 Å². The van der Waals surface area contributed by atoms with Gasteiger partial charge >= 0.3 is 6.09 Å². The van der Waals surface area contributed by atoms with E-state index in [9.17, 15) is 9.90 Å². The maximum atomic E-state index is 11.4. The molecule has 4 heteroatoms. The average molecular weight is 245 g/mol. The van der Waals surface area contributed by atoms with Crippen LogP contribution >= 0.6 is 0 Å². The van der Waals surface area contributed by atoms with E-state index >= 15 is 0 Å². The molecule has 1 unspecified atom stereocenters. The van der Waals surface area contributed by atoms with E-state index in [1.807, 2.05) is 20.8 Å². The number of amides is 1. The van der Waals surface area contributed by atoms with Crippen molar-refractivity contribution in [3.63, 3.8) is 0 Å². The first kappa shape index (κ1) is 16.2. The Morgan fingerprint density at radius 1 is 1.24 bits per heavy atom. The lowest BCUT2D eigenvalue weighted by atomic mass is 9.85. The molecule has 0 bridgehead atoms. The topological polar surface area (TPSA) is 58.6 Å². The molecule has 1 atom stereocenters. The molecule has 0 aromatic rings. The Bertz CT molecular complexity index is 238. The second kappa shape index (κ2) is 6.24. The number of aliphatic hydroxyl groups excluding tert-OH is 1. The number of hydrogen-bond donors (Lipinski definition) is 2. The van der Waals surface area contributed by atoms with E-state index in [1.54, 1.807) is 0 Å². The number of alkyl carbamates (subject to hydrolysis) is 1. The standard InChI is InChI=1S/C13H27NO3/c1-12(2,3)7-10(9-15)8-14-11(16)17-13(4,5)6/h10,15H,7-9H2,1-6H3,(H,14,16). The summed E-state index contributed by atoms with van der Waals surface area (Å²) in [7, 11) is 0. The smallest absolute Gasteiger partial charge is 0.407 e. The molecule has 17 heavy (non-hydrogen) atoms. The summed E-state index contributed by atoms with van der Waals surface area (Å²) in [5, 5.41) is 11.9. The van der Waals surface area contributed by atoms with Gasteiger partial charge in [-0.1, -0.05) is 20.8 Å². The van der Waals surface area contributed by atoms with Crippen molar-refractivity contribution in [2.75, 3.05) is 13.2 Å². The van der Waals surface area contributed by atoms with Gasteiger partial charge in [0.05, 0.1) is 0 Å². The van der Waals surface area contributed by atoms with Crippen molar-refractivity contribution in [1.29, 1.82) is 0 Å². The Morgan fingerprint density at radius 2 is 1.76 bits per heavy atom. The number of ether oxygens (including phenoxy) is 1. The van der Waals surface area contributed by atoms with Gasteiger partial charge in [-0.3, -0.25) is 0 Å². The van der Waals surface area contributed by atoms with Crippen molar-refractivity contribution < 1.29 is 14.6 Å². The first-order chi connectivity index (χ1) is 7.53. The Morgan fingerprint density at radius 3 is 2.12 bits per heavy atom. The van der Waals surface area contributed by atoms with Crippen LogP contribution in [0.4, 0.5) is 4.79 Å². The fourth-order valence-electron chi connectivity index (χ4n) is 1.61. The van der Waals surface area contributed by atoms with E-state index < -0.39 is 11.7 Å². The van der Waals surface area contributed by atoms with Gasteiger partial charge in [-0.05, 0) is 38.5 Å². The van der Waals surface area contributed by atoms with Crippen LogP contribution in [0.2, 0.25) is 0 Å². The van der Waals surface area contributed by atoms with E-state index in [0.717, 1.165) is 6.42 Å². The van der Waals surface area contributed by atoms with Crippen LogP contribution in [0.25, 0.3) is 0 Å². The molecule has 0 fully saturated rings. The molecule has 0 saturated carbocycles. The molecule has 0 heterocycles. The van der Waals surface area contributed by atoms with E-state index in [0.29, 0.717) is 6.54 Å². The highest BCUT2D eigenvalue weighted by Crippen LogP contribution is 2.23. The highest BCUT2D eigenvalue weighted by molar-refractivity contribution is 5.67. The van der Waals surface area contributed by atoms with Crippen LogP contribution in [0.1, 0.15) is 48.0 Å². The van der Waals surface area contributed by atoms with Gasteiger partial charge in [0.25, 0.3) is 0 Å². The first-order valence-corrected chi connectivity index (χ1v) is 6.11. The molecule has 4 nitrogen and oxygen atoms in total. The van der Waals surface area contributed by atoms with E-state index in [4.69, 9.17) is 4.74 Å². The monoisotopic (exact) mass is 245 g/mol. The number of carbonyl (C=O) groups is 1. The third-order valence-electron chi connectivity index (χ3n) is 2.09. The van der Waals surface area contributed by atoms with Crippen LogP contribution in [-0.4, -0.2) is 30.0 Å². The summed E-state index contributed by atoms with van der Waals surface area (Å²) in [6, 6.07) is 0. The molecule has 0 saturated heterocycles. The second-order valence-corrected chi connectivity index (χ2v) is 6.70. The third kappa shape index (κ3) is 10.1. The summed E-state index contributed by atoms with van der Waals surface area (Å²) in [4.78, 5) is 11.4. The predicted molar refractivity (Wildman–Crippen MR) is 68.9 cm³/mol. The van der Waals surface area contributed by atoms with Crippen LogP contribution in [-0.2, 0) is 4.74 Å². The molecule has 0 aliphatic carbocycles. The fraction of sp³-hybridized carbons (Fsp3) is 0.923. The Hall–Kier alpha value is -0.770. The summed E-state index contributed by atoms with van der Waals surface area (Å²) < 4.78 is 5.13. The minimum absolute atomic E-state index is 0.0718. The van der Waals surface area contributed by atoms with Crippen molar-refractivity contribution in [1.82, 2.24) is 5.32 Å². The summed E-state index contributed by atoms with van der Waals surface area (Å²) in [5.74, 6) is 0.0718. The largest absolute Gasteiger partial charge is 0.444 e. The molecule has 102 valence electrons. The summed E-state index contributed by atoms with van der Waals surface area (Å²) in [5.41, 5.74) is -0.341. The number of aliphatic hydroxyl groups is 1. The van der Waals surface area contributed by atoms with Crippen molar-refractivity contribution in [3.8, 4) is 0 Å². The number of nitrogens with one attached hydrogen (secondary N) is 1. The van der Waals surface area contributed by atoms with Crippen molar-refractivity contribution in [2.45, 2.75) is 53.6 Å². The van der Waals surface area contributed by atoms with Gasteiger partial charge in [0.2, 0.25) is 0 Å². The zero-order chi connectivity index (χ0) is 13.7. The number of carbonyl (C=O) groups excluding carboxylic acids is 1. The molecule has 0 spiro atoms. The molecule has 0 aliphatic rings. The first-order valence-electron chi connectivity index (χ1n) is 6.11. The van der Waals surface area contributed by atoms with Crippen molar-refractivity contribution in [2.24, 2.45) is 11.3 Å². The predicted octanol–water partition coefficient (Wildman–Crippen LogP) is 2.56. The number of hydrogen-bond acceptors (Lipinski definition) is 3. The second-order valence-electron chi connectivity index (χ2n) is 6.70. The Kier molecular flexibility index (Phi) is 5.96. The van der Waals surface area contributed by atoms with Crippen LogP contribution in [0.15, 0.2) is 0 Å². The summed E-state index contributed by atoms with van der Waals surface area (Å²) in [6.45, 7) is 12.3. The van der Waals surface area contributed by atoms with Gasteiger partial charge in [0.1, 0.15) is 5.60 Å². The Labute approximate surface area is 105 Å². The van der Waals surface area contributed by atoms with Crippen molar-refractivity contribution in [3.05, 3.63) is 0 Å². The molecule has 0 aliphatic heterocycles. The SMILES string of the molecule is CC(C)(C)CC(CO)CNC(=O)OC(C)(C)C. The minimum Gasteiger partial charge on any atom is -0.444 e. The van der Waals surface area contributed by atoms with E-state index in [2.05, 4.69) is 26.1 Å². The van der Waals surface area contributed by atoms with Gasteiger partial charge in [-0.25, -0.2) is 4.79 Å². The Balaban J connectivity index is 4.03. The molecule has 0 radical (unpaired) electrons. The van der Waals surface area contributed by atoms with Crippen LogP contribution in [0.5, 0.6) is 0 Å². The highest BCUT2D eigenvalue weighted by Gasteiger charge is 2.20. The lowest BCUT2D eigenvalue weighted by Crippen LogP contribution is -2.37. The number of rotatable bonds is 4. The van der Waals surface area contributed by atoms with Gasteiger partial charge in [-0.2, -0.15) is 0 Å². The quantitative estimate of drug-likeness (QED) is 0.800. The molecular formula is C13H27NO3. The molecule has 2 N–H and O–H groups in total. The molecule has 1 amide bonds. The minimum atomic E-state index is -0.483. The molecule has 0 aromatic carbocycles. The van der Waals surface area contributed by atoms with Crippen LogP contribution < -0.4 is 5.32 Å². The maximum absolute atomic E-state index is 11.4.